The molecule has 0 nitrogen and oxygen atoms in total. The summed E-state index contributed by atoms with van der Waals surface area (Å²) in [5.74, 6) is 12.6. The summed E-state index contributed by atoms with van der Waals surface area (Å²) in [5, 5.41) is 0. The van der Waals surface area contributed by atoms with E-state index >= 15 is 0 Å². The second kappa shape index (κ2) is 15.6. The second-order valence-electron chi connectivity index (χ2n) is 15.5. The van der Waals surface area contributed by atoms with E-state index in [2.05, 4.69) is 104 Å². The van der Waals surface area contributed by atoms with Crippen molar-refractivity contribution in [3.8, 4) is 0 Å². The fraction of sp³-hybridized carbons (Fsp3) is 1.00. The summed E-state index contributed by atoms with van der Waals surface area (Å²) in [5.41, 5.74) is 0. The Balaban J connectivity index is 3.18. The van der Waals surface area contributed by atoms with Crippen LogP contribution in [-0.2, 0) is 0 Å². The molecule has 0 spiro atoms. The quantitative estimate of drug-likeness (QED) is 0.206. The zero-order valence-electron chi connectivity index (χ0n) is 27.9. The Morgan fingerprint density at radius 1 is 0.667 bits per heavy atom. The molecule has 1 aliphatic carbocycles. The third kappa shape index (κ3) is 9.04. The van der Waals surface area contributed by atoms with Crippen molar-refractivity contribution in [1.82, 2.24) is 0 Å². The van der Waals surface area contributed by atoms with Crippen LogP contribution in [-0.4, -0.2) is 0 Å². The maximum Gasteiger partial charge on any atom is -0.0324 e. The van der Waals surface area contributed by atoms with Crippen LogP contribution in [0.2, 0.25) is 0 Å². The van der Waals surface area contributed by atoms with E-state index in [1.807, 2.05) is 0 Å². The van der Waals surface area contributed by atoms with Crippen LogP contribution in [0.1, 0.15) is 142 Å². The van der Waals surface area contributed by atoms with Gasteiger partial charge in [0, 0.05) is 0 Å². The highest BCUT2D eigenvalue weighted by Crippen LogP contribution is 2.52. The predicted octanol–water partition coefficient (Wildman–Crippen LogP) is 11.9. The van der Waals surface area contributed by atoms with Gasteiger partial charge in [-0.05, 0) is 114 Å². The Morgan fingerprint density at radius 2 is 1.25 bits per heavy atom. The summed E-state index contributed by atoms with van der Waals surface area (Å²) < 4.78 is 0. The molecule has 1 aliphatic rings. The molecule has 0 amide bonds. The summed E-state index contributed by atoms with van der Waals surface area (Å²) in [7, 11) is 0. The molecule has 1 saturated carbocycles. The van der Waals surface area contributed by atoms with E-state index in [0.717, 1.165) is 88.8 Å². The van der Waals surface area contributed by atoms with Crippen LogP contribution < -0.4 is 0 Å². The average Bonchev–Trinajstić information content (AvgIpc) is 2.87. The minimum atomic E-state index is 0.777. The standard InChI is InChI=1S/C36H72/c1-16-32(18-22(3)4)20-26(10)30(14)33(17-2)28(12)21-34-27(11)19-25(9)31(15)36(29(13)23(5)6)35(34)24(7)8/h22-36H,16-21H2,1-15H3. The van der Waals surface area contributed by atoms with Gasteiger partial charge in [-0.25, -0.2) is 0 Å². The molecule has 216 valence electrons. The van der Waals surface area contributed by atoms with E-state index < -0.39 is 0 Å². The van der Waals surface area contributed by atoms with Crippen molar-refractivity contribution in [3.05, 3.63) is 0 Å². The van der Waals surface area contributed by atoms with Crippen molar-refractivity contribution in [3.63, 3.8) is 0 Å². The zero-order valence-corrected chi connectivity index (χ0v) is 27.9. The van der Waals surface area contributed by atoms with Crippen LogP contribution in [0.4, 0.5) is 0 Å². The molecule has 1 fully saturated rings. The molecule has 1 rings (SSSR count). The molecule has 12 atom stereocenters. The van der Waals surface area contributed by atoms with E-state index in [4.69, 9.17) is 0 Å². The van der Waals surface area contributed by atoms with Gasteiger partial charge in [-0.1, -0.05) is 117 Å². The van der Waals surface area contributed by atoms with E-state index in [-0.39, 0.29) is 0 Å². The van der Waals surface area contributed by atoms with Crippen LogP contribution >= 0.6 is 0 Å². The maximum absolute atomic E-state index is 2.64. The minimum absolute atomic E-state index is 0.777. The Hall–Kier alpha value is 0. The first-order chi connectivity index (χ1) is 16.7. The van der Waals surface area contributed by atoms with Gasteiger partial charge >= 0.3 is 0 Å². The number of hydrogen-bond acceptors (Lipinski definition) is 0. The Bertz CT molecular complexity index is 573. The van der Waals surface area contributed by atoms with Gasteiger partial charge in [-0.2, -0.15) is 0 Å². The predicted molar refractivity (Wildman–Crippen MR) is 165 cm³/mol. The molecule has 0 heterocycles. The van der Waals surface area contributed by atoms with E-state index in [0.29, 0.717) is 0 Å². The second-order valence-corrected chi connectivity index (χ2v) is 15.5. The summed E-state index contributed by atoms with van der Waals surface area (Å²) in [6, 6.07) is 0. The Kier molecular flexibility index (Phi) is 14.7. The van der Waals surface area contributed by atoms with Crippen LogP contribution in [0, 0.1) is 88.8 Å². The normalized spacial score (nSPS) is 32.8. The zero-order chi connectivity index (χ0) is 27.9. The molecular formula is C36H72. The first-order valence-corrected chi connectivity index (χ1v) is 16.7. The van der Waals surface area contributed by atoms with Gasteiger partial charge in [0.15, 0.2) is 0 Å². The van der Waals surface area contributed by atoms with Gasteiger partial charge in [0.2, 0.25) is 0 Å². The summed E-state index contributed by atoms with van der Waals surface area (Å²) in [4.78, 5) is 0. The summed E-state index contributed by atoms with van der Waals surface area (Å²) in [6.07, 6.45) is 8.41. The van der Waals surface area contributed by atoms with Crippen molar-refractivity contribution < 1.29 is 0 Å². The van der Waals surface area contributed by atoms with Crippen LogP contribution in [0.25, 0.3) is 0 Å². The molecule has 36 heavy (non-hydrogen) atoms. The van der Waals surface area contributed by atoms with E-state index in [1.165, 1.54) is 38.5 Å². The van der Waals surface area contributed by atoms with Crippen molar-refractivity contribution in [2.45, 2.75) is 142 Å². The lowest BCUT2D eigenvalue weighted by Crippen LogP contribution is -2.39. The van der Waals surface area contributed by atoms with Crippen LogP contribution in [0.15, 0.2) is 0 Å². The smallest absolute Gasteiger partial charge is 0.0324 e. The fourth-order valence-corrected chi connectivity index (χ4v) is 9.13. The van der Waals surface area contributed by atoms with Crippen LogP contribution in [0.3, 0.4) is 0 Å². The van der Waals surface area contributed by atoms with E-state index in [1.54, 1.807) is 0 Å². The molecule has 0 aromatic rings. The van der Waals surface area contributed by atoms with Crippen LogP contribution in [0.5, 0.6) is 0 Å². The summed E-state index contributed by atoms with van der Waals surface area (Å²) >= 11 is 0. The molecular weight excluding hydrogens is 432 g/mol. The van der Waals surface area contributed by atoms with Gasteiger partial charge in [-0.3, -0.25) is 0 Å². The molecule has 0 aliphatic heterocycles. The van der Waals surface area contributed by atoms with Crippen molar-refractivity contribution >= 4 is 0 Å². The molecule has 0 radical (unpaired) electrons. The highest BCUT2D eigenvalue weighted by molar-refractivity contribution is 4.94. The molecule has 12 unspecified atom stereocenters. The van der Waals surface area contributed by atoms with Crippen molar-refractivity contribution in [2.24, 2.45) is 88.8 Å². The lowest BCUT2D eigenvalue weighted by molar-refractivity contribution is 0.0301. The van der Waals surface area contributed by atoms with Gasteiger partial charge in [0.05, 0.1) is 0 Å². The largest absolute Gasteiger partial charge is 0.0651 e. The molecule has 0 saturated heterocycles. The molecule has 0 aromatic heterocycles. The summed E-state index contributed by atoms with van der Waals surface area (Å²) in [6.45, 7) is 38.0. The monoisotopic (exact) mass is 505 g/mol. The first kappa shape index (κ1) is 34.0. The van der Waals surface area contributed by atoms with E-state index in [9.17, 15) is 0 Å². The highest BCUT2D eigenvalue weighted by Gasteiger charge is 2.46. The van der Waals surface area contributed by atoms with Crippen molar-refractivity contribution in [2.75, 3.05) is 0 Å². The minimum Gasteiger partial charge on any atom is -0.0651 e. The van der Waals surface area contributed by atoms with Gasteiger partial charge in [0.1, 0.15) is 0 Å². The topological polar surface area (TPSA) is 0 Å². The SMILES string of the molecule is CCC(CC(C)C)CC(C)C(C)C(CC)C(C)CC1C(C)CC(C)C(C)C(C(C)C(C)C)C1C(C)C. The third-order valence-corrected chi connectivity index (χ3v) is 11.9. The van der Waals surface area contributed by atoms with Gasteiger partial charge in [0.25, 0.3) is 0 Å². The van der Waals surface area contributed by atoms with Gasteiger partial charge in [-0.15, -0.1) is 0 Å². The Labute approximate surface area is 231 Å². The number of rotatable bonds is 14. The maximum atomic E-state index is 2.64. The molecule has 0 N–H and O–H groups in total. The first-order valence-electron chi connectivity index (χ1n) is 16.7. The number of hydrogen-bond donors (Lipinski definition) is 0. The van der Waals surface area contributed by atoms with Gasteiger partial charge < -0.3 is 0 Å². The molecule has 0 bridgehead atoms. The lowest BCUT2D eigenvalue weighted by Gasteiger charge is -2.45. The highest BCUT2D eigenvalue weighted by atomic mass is 14.5. The van der Waals surface area contributed by atoms with Crippen molar-refractivity contribution in [1.29, 1.82) is 0 Å². The fourth-order valence-electron chi connectivity index (χ4n) is 9.13. The average molecular weight is 505 g/mol. The lowest BCUT2D eigenvalue weighted by atomic mass is 9.60. The third-order valence-electron chi connectivity index (χ3n) is 11.9. The molecule has 0 heteroatoms. The Morgan fingerprint density at radius 3 is 1.69 bits per heavy atom. The molecule has 0 aromatic carbocycles.